The molecule has 0 unspecified atom stereocenters. The number of hydrogen-bond acceptors (Lipinski definition) is 6. The zero-order chi connectivity index (χ0) is 18.3. The van der Waals surface area contributed by atoms with Crippen LogP contribution >= 0.6 is 0 Å². The van der Waals surface area contributed by atoms with E-state index in [1.165, 1.54) is 24.3 Å². The van der Waals surface area contributed by atoms with E-state index in [2.05, 4.69) is 25.0 Å². The van der Waals surface area contributed by atoms with Crippen molar-refractivity contribution in [2.24, 2.45) is 0 Å². The Morgan fingerprint density at radius 3 is 2.33 bits per heavy atom. The van der Waals surface area contributed by atoms with Crippen molar-refractivity contribution in [3.8, 4) is 5.75 Å². The van der Waals surface area contributed by atoms with Crippen LogP contribution in [0.4, 0.5) is 10.5 Å². The number of benzene rings is 1. The van der Waals surface area contributed by atoms with Gasteiger partial charge in [-0.2, -0.15) is 0 Å². The second-order valence-corrected chi connectivity index (χ2v) is 11.2. The Labute approximate surface area is 143 Å². The first kappa shape index (κ1) is 20.1. The van der Waals surface area contributed by atoms with Crippen LogP contribution in [-0.2, 0) is 4.43 Å². The second kappa shape index (κ2) is 8.76. The van der Waals surface area contributed by atoms with Gasteiger partial charge in [0, 0.05) is 18.7 Å². The number of carbonyl (C=O) groups is 1. The lowest BCUT2D eigenvalue weighted by Gasteiger charge is -2.26. The molecule has 0 spiro atoms. The van der Waals surface area contributed by atoms with Crippen LogP contribution in [0.1, 0.15) is 0 Å². The number of hydrogen-bond donors (Lipinski definition) is 1. The van der Waals surface area contributed by atoms with E-state index in [9.17, 15) is 14.9 Å². The minimum absolute atomic E-state index is 0.0585. The zero-order valence-electron chi connectivity index (χ0n) is 14.7. The van der Waals surface area contributed by atoms with Gasteiger partial charge in [-0.15, -0.1) is 0 Å². The third-order valence-corrected chi connectivity index (χ3v) is 3.92. The molecular formula is C15H25N3O5Si. The monoisotopic (exact) mass is 355 g/mol. The van der Waals surface area contributed by atoms with E-state index in [1.54, 1.807) is 0 Å². The lowest BCUT2D eigenvalue weighted by molar-refractivity contribution is -0.384. The molecule has 0 fully saturated rings. The third kappa shape index (κ3) is 8.04. The number of nitrogens with zero attached hydrogens (tertiary/aromatic N) is 2. The summed E-state index contributed by atoms with van der Waals surface area (Å²) in [5.74, 6) is 0.243. The predicted octanol–water partition coefficient (Wildman–Crippen LogP) is 2.46. The number of carbonyl (C=O) groups excluding carboxylic acids is 1. The Morgan fingerprint density at radius 2 is 1.88 bits per heavy atom. The maximum absolute atomic E-state index is 12.0. The Kier molecular flexibility index (Phi) is 7.33. The molecule has 0 aromatic heterocycles. The van der Waals surface area contributed by atoms with E-state index in [0.717, 1.165) is 0 Å². The number of nitro groups is 1. The third-order valence-electron chi connectivity index (χ3n) is 2.88. The molecule has 134 valence electrons. The van der Waals surface area contributed by atoms with Gasteiger partial charge in [-0.25, -0.2) is 4.79 Å². The molecule has 0 radical (unpaired) electrons. The number of nitro benzene ring substituents is 1. The summed E-state index contributed by atoms with van der Waals surface area (Å²) in [6, 6.07) is 5.13. The van der Waals surface area contributed by atoms with Gasteiger partial charge in [0.15, 0.2) is 8.32 Å². The van der Waals surface area contributed by atoms with E-state index < -0.39 is 19.3 Å². The molecule has 1 amide bonds. The Bertz CT molecular complexity index is 557. The summed E-state index contributed by atoms with van der Waals surface area (Å²) in [5, 5.41) is 13.4. The van der Waals surface area contributed by atoms with Crippen LogP contribution in [0.25, 0.3) is 0 Å². The van der Waals surface area contributed by atoms with Crippen molar-refractivity contribution in [1.82, 2.24) is 10.2 Å². The minimum Gasteiger partial charge on any atom is -0.415 e. The molecule has 1 rings (SSSR count). The first-order chi connectivity index (χ1) is 11.1. The highest BCUT2D eigenvalue weighted by atomic mass is 28.4. The van der Waals surface area contributed by atoms with E-state index in [-0.39, 0.29) is 17.5 Å². The minimum atomic E-state index is -1.69. The molecule has 0 heterocycles. The molecule has 0 bridgehead atoms. The highest BCUT2D eigenvalue weighted by Gasteiger charge is 2.20. The van der Waals surface area contributed by atoms with Crippen molar-refractivity contribution in [1.29, 1.82) is 0 Å². The van der Waals surface area contributed by atoms with Gasteiger partial charge in [0.05, 0.1) is 17.6 Å². The standard InChI is InChI=1S/C15H25N3O5Si/c1-17(2)10-12(11-22-24(3,4)5)16-15(19)23-14-8-6-13(7-9-14)18(20)21/h6-9,12H,10-11H2,1-5H3,(H,16,19)/t12-/m1/s1. The van der Waals surface area contributed by atoms with E-state index >= 15 is 0 Å². The quantitative estimate of drug-likeness (QED) is 0.437. The number of ether oxygens (including phenoxy) is 1. The predicted molar refractivity (Wildman–Crippen MR) is 93.9 cm³/mol. The van der Waals surface area contributed by atoms with Crippen LogP contribution in [0.5, 0.6) is 5.75 Å². The normalized spacial score (nSPS) is 12.8. The smallest absolute Gasteiger partial charge is 0.412 e. The largest absolute Gasteiger partial charge is 0.415 e. The average molecular weight is 355 g/mol. The van der Waals surface area contributed by atoms with E-state index in [0.29, 0.717) is 13.2 Å². The average Bonchev–Trinajstić information content (AvgIpc) is 2.44. The molecule has 0 aliphatic carbocycles. The number of non-ortho nitro benzene ring substituents is 1. The van der Waals surface area contributed by atoms with Crippen LogP contribution in [0, 0.1) is 10.1 Å². The first-order valence-electron chi connectivity index (χ1n) is 7.58. The Hall–Kier alpha value is -1.97. The summed E-state index contributed by atoms with van der Waals surface area (Å²) in [6.07, 6.45) is -0.616. The van der Waals surface area contributed by atoms with Crippen molar-refractivity contribution >= 4 is 20.1 Å². The molecule has 1 aromatic carbocycles. The Balaban J connectivity index is 2.61. The molecular weight excluding hydrogens is 330 g/mol. The van der Waals surface area contributed by atoms with Gasteiger partial charge in [-0.3, -0.25) is 10.1 Å². The van der Waals surface area contributed by atoms with Crippen molar-refractivity contribution in [3.05, 3.63) is 34.4 Å². The van der Waals surface area contributed by atoms with Crippen LogP contribution in [-0.4, -0.2) is 57.5 Å². The molecule has 0 aliphatic heterocycles. The topological polar surface area (TPSA) is 93.9 Å². The van der Waals surface area contributed by atoms with Crippen LogP contribution in [0.15, 0.2) is 24.3 Å². The second-order valence-electron chi connectivity index (χ2n) is 6.67. The lowest BCUT2D eigenvalue weighted by atomic mass is 10.3. The highest BCUT2D eigenvalue weighted by Crippen LogP contribution is 2.17. The maximum Gasteiger partial charge on any atom is 0.412 e. The van der Waals surface area contributed by atoms with E-state index in [1.807, 2.05) is 19.0 Å². The summed E-state index contributed by atoms with van der Waals surface area (Å²) < 4.78 is 11.0. The number of rotatable bonds is 8. The van der Waals surface area contributed by atoms with Crippen molar-refractivity contribution < 1.29 is 18.9 Å². The van der Waals surface area contributed by atoms with Gasteiger partial charge in [0.25, 0.3) is 5.69 Å². The van der Waals surface area contributed by atoms with Gasteiger partial charge in [-0.1, -0.05) is 0 Å². The number of likely N-dealkylation sites (N-methyl/N-ethyl adjacent to an activating group) is 1. The summed E-state index contributed by atoms with van der Waals surface area (Å²) in [6.45, 7) is 7.25. The van der Waals surface area contributed by atoms with Gasteiger partial charge in [0.1, 0.15) is 5.75 Å². The summed E-state index contributed by atoms with van der Waals surface area (Å²) in [7, 11) is 2.13. The summed E-state index contributed by atoms with van der Waals surface area (Å²) in [4.78, 5) is 24.1. The van der Waals surface area contributed by atoms with Crippen molar-refractivity contribution in [2.75, 3.05) is 27.2 Å². The van der Waals surface area contributed by atoms with Crippen LogP contribution in [0.2, 0.25) is 19.6 Å². The molecule has 0 aliphatic rings. The molecule has 1 N–H and O–H groups in total. The molecule has 1 aromatic rings. The van der Waals surface area contributed by atoms with Crippen LogP contribution < -0.4 is 10.1 Å². The summed E-state index contributed by atoms with van der Waals surface area (Å²) >= 11 is 0. The van der Waals surface area contributed by atoms with Crippen molar-refractivity contribution in [2.45, 2.75) is 25.7 Å². The fourth-order valence-corrected chi connectivity index (χ4v) is 2.57. The summed E-state index contributed by atoms with van der Waals surface area (Å²) in [5.41, 5.74) is -0.0585. The van der Waals surface area contributed by atoms with E-state index in [4.69, 9.17) is 9.16 Å². The number of nitrogens with one attached hydrogen (secondary N) is 1. The molecule has 8 nitrogen and oxygen atoms in total. The molecule has 1 atom stereocenters. The molecule has 9 heteroatoms. The highest BCUT2D eigenvalue weighted by molar-refractivity contribution is 6.69. The Morgan fingerprint density at radius 1 is 1.29 bits per heavy atom. The molecule has 24 heavy (non-hydrogen) atoms. The van der Waals surface area contributed by atoms with Crippen LogP contribution in [0.3, 0.4) is 0 Å². The zero-order valence-corrected chi connectivity index (χ0v) is 15.7. The maximum atomic E-state index is 12.0. The van der Waals surface area contributed by atoms with Gasteiger partial charge in [0.2, 0.25) is 0 Å². The van der Waals surface area contributed by atoms with Gasteiger partial charge < -0.3 is 19.4 Å². The van der Waals surface area contributed by atoms with Gasteiger partial charge >= 0.3 is 6.09 Å². The first-order valence-corrected chi connectivity index (χ1v) is 11.0. The molecule has 0 saturated heterocycles. The molecule has 0 saturated carbocycles. The number of amides is 1. The fraction of sp³-hybridized carbons (Fsp3) is 0.533. The van der Waals surface area contributed by atoms with Gasteiger partial charge in [-0.05, 0) is 45.9 Å². The lowest BCUT2D eigenvalue weighted by Crippen LogP contribution is -2.47. The SMILES string of the molecule is CN(C)C[C@H](CO[Si](C)(C)C)NC(=O)Oc1ccc([N+](=O)[O-])cc1. The fourth-order valence-electron chi connectivity index (χ4n) is 1.87. The van der Waals surface area contributed by atoms with Crippen molar-refractivity contribution in [3.63, 3.8) is 0 Å².